The highest BCUT2D eigenvalue weighted by molar-refractivity contribution is 5.84. The summed E-state index contributed by atoms with van der Waals surface area (Å²) in [6, 6.07) is 27.4. The van der Waals surface area contributed by atoms with E-state index in [-0.39, 0.29) is 11.8 Å². The average Bonchev–Trinajstić information content (AvgIpc) is 3.20. The number of aromatic amines is 1. The molecule has 1 amide bonds. The molecule has 29 heavy (non-hydrogen) atoms. The van der Waals surface area contributed by atoms with E-state index in [1.54, 1.807) is 0 Å². The summed E-state index contributed by atoms with van der Waals surface area (Å²) in [6.45, 7) is 1.44. The van der Waals surface area contributed by atoms with E-state index in [2.05, 4.69) is 65.6 Å². The third-order valence-corrected chi connectivity index (χ3v) is 6.03. The van der Waals surface area contributed by atoms with Crippen molar-refractivity contribution in [1.29, 1.82) is 0 Å². The molecule has 0 spiro atoms. The highest BCUT2D eigenvalue weighted by atomic mass is 16.2. The van der Waals surface area contributed by atoms with E-state index in [0.29, 0.717) is 13.0 Å². The molecular weight excluding hydrogens is 356 g/mol. The van der Waals surface area contributed by atoms with Crippen LogP contribution in [-0.4, -0.2) is 22.3 Å². The number of nitrogens with one attached hydrogen (secondary N) is 1. The Kier molecular flexibility index (Phi) is 4.65. The predicted molar refractivity (Wildman–Crippen MR) is 117 cm³/mol. The maximum atomic E-state index is 13.1. The van der Waals surface area contributed by atoms with Gasteiger partial charge in [-0.25, -0.2) is 0 Å². The third kappa shape index (κ3) is 3.44. The van der Waals surface area contributed by atoms with E-state index in [9.17, 15) is 4.79 Å². The summed E-state index contributed by atoms with van der Waals surface area (Å²) in [5.74, 6) is 0.462. The maximum absolute atomic E-state index is 13.1. The standard InChI is InChI=1S/C26H24N2O/c29-26(15-14-20-16-27-25-13-7-6-12-23(20)25)28-17-21-10-4-5-11-22(21)24(18-28)19-8-2-1-3-9-19/h1-13,16,24,27H,14-15,17-18H2/t24-/m0/s1. The van der Waals surface area contributed by atoms with Crippen molar-refractivity contribution in [2.75, 3.05) is 6.54 Å². The fourth-order valence-electron chi connectivity index (χ4n) is 4.51. The van der Waals surface area contributed by atoms with E-state index in [1.165, 1.54) is 27.6 Å². The molecule has 4 aromatic rings. The molecule has 0 bridgehead atoms. The van der Waals surface area contributed by atoms with Crippen molar-refractivity contribution < 1.29 is 4.79 Å². The first-order chi connectivity index (χ1) is 14.3. The van der Waals surface area contributed by atoms with Crippen molar-refractivity contribution in [3.8, 4) is 0 Å². The summed E-state index contributed by atoms with van der Waals surface area (Å²) >= 11 is 0. The lowest BCUT2D eigenvalue weighted by Gasteiger charge is -2.35. The van der Waals surface area contributed by atoms with Gasteiger partial charge in [0.05, 0.1) is 0 Å². The molecule has 0 saturated heterocycles. The molecule has 1 aromatic heterocycles. The number of aromatic nitrogens is 1. The van der Waals surface area contributed by atoms with E-state index >= 15 is 0 Å². The zero-order chi connectivity index (χ0) is 19.6. The minimum Gasteiger partial charge on any atom is -0.361 e. The van der Waals surface area contributed by atoms with E-state index in [4.69, 9.17) is 0 Å². The topological polar surface area (TPSA) is 36.1 Å². The highest BCUT2D eigenvalue weighted by Crippen LogP contribution is 2.33. The predicted octanol–water partition coefficient (Wildman–Crippen LogP) is 5.27. The summed E-state index contributed by atoms with van der Waals surface area (Å²) in [5.41, 5.74) is 6.22. The van der Waals surface area contributed by atoms with Crippen LogP contribution < -0.4 is 0 Å². The first-order valence-corrected chi connectivity index (χ1v) is 10.2. The average molecular weight is 380 g/mol. The molecule has 0 unspecified atom stereocenters. The number of nitrogens with zero attached hydrogens (tertiary/aromatic N) is 1. The van der Waals surface area contributed by atoms with Crippen molar-refractivity contribution in [1.82, 2.24) is 9.88 Å². The lowest BCUT2D eigenvalue weighted by Crippen LogP contribution is -2.38. The molecule has 3 aromatic carbocycles. The second-order valence-corrected chi connectivity index (χ2v) is 7.80. The lowest BCUT2D eigenvalue weighted by atomic mass is 9.84. The Morgan fingerprint density at radius 1 is 0.931 bits per heavy atom. The van der Waals surface area contributed by atoms with Gasteiger partial charge in [-0.2, -0.15) is 0 Å². The van der Waals surface area contributed by atoms with E-state index in [0.717, 1.165) is 18.5 Å². The summed E-state index contributed by atoms with van der Waals surface area (Å²) in [5, 5.41) is 1.21. The van der Waals surface area contributed by atoms with Gasteiger partial charge in [-0.05, 0) is 34.7 Å². The number of H-pyrrole nitrogens is 1. The molecule has 3 nitrogen and oxygen atoms in total. The monoisotopic (exact) mass is 380 g/mol. The quantitative estimate of drug-likeness (QED) is 0.514. The molecular formula is C26H24N2O. The molecule has 2 heterocycles. The molecule has 144 valence electrons. The number of carbonyl (C=O) groups is 1. The van der Waals surface area contributed by atoms with Crippen LogP contribution in [0.3, 0.4) is 0 Å². The van der Waals surface area contributed by atoms with Crippen molar-refractivity contribution in [3.63, 3.8) is 0 Å². The van der Waals surface area contributed by atoms with E-state index < -0.39 is 0 Å². The Morgan fingerprint density at radius 3 is 2.59 bits per heavy atom. The Labute approximate surface area is 171 Å². The zero-order valence-electron chi connectivity index (χ0n) is 16.3. The normalized spacial score (nSPS) is 16.0. The Hall–Kier alpha value is -3.33. The van der Waals surface area contributed by atoms with Crippen LogP contribution in [0.25, 0.3) is 10.9 Å². The second-order valence-electron chi connectivity index (χ2n) is 7.80. The van der Waals surface area contributed by atoms with Crippen molar-refractivity contribution in [2.45, 2.75) is 25.3 Å². The molecule has 0 saturated carbocycles. The first kappa shape index (κ1) is 17.7. The molecule has 3 heteroatoms. The Balaban J connectivity index is 1.36. The maximum Gasteiger partial charge on any atom is 0.223 e. The van der Waals surface area contributed by atoms with Gasteiger partial charge in [-0.3, -0.25) is 4.79 Å². The lowest BCUT2D eigenvalue weighted by molar-refractivity contribution is -0.132. The third-order valence-electron chi connectivity index (χ3n) is 6.03. The molecule has 5 rings (SSSR count). The van der Waals surface area contributed by atoms with Crippen molar-refractivity contribution in [3.05, 3.63) is 107 Å². The van der Waals surface area contributed by atoms with Gasteiger partial charge < -0.3 is 9.88 Å². The summed E-state index contributed by atoms with van der Waals surface area (Å²) in [7, 11) is 0. The number of para-hydroxylation sites is 1. The SMILES string of the molecule is O=C(CCc1c[nH]c2ccccc12)N1Cc2ccccc2[C@H](c2ccccc2)C1. The Morgan fingerprint density at radius 2 is 1.69 bits per heavy atom. The molecule has 0 fully saturated rings. The van der Waals surface area contributed by atoms with Crippen LogP contribution in [-0.2, 0) is 17.8 Å². The number of aryl methyl sites for hydroxylation is 1. The smallest absolute Gasteiger partial charge is 0.223 e. The van der Waals surface area contributed by atoms with Gasteiger partial charge in [0.15, 0.2) is 0 Å². The number of benzene rings is 3. The molecule has 0 radical (unpaired) electrons. The van der Waals surface area contributed by atoms with Crippen LogP contribution in [0.2, 0.25) is 0 Å². The van der Waals surface area contributed by atoms with Gasteiger partial charge in [0.1, 0.15) is 0 Å². The number of fused-ring (bicyclic) bond motifs is 2. The van der Waals surface area contributed by atoms with Gasteiger partial charge in [0, 0.05) is 42.5 Å². The fraction of sp³-hybridized carbons (Fsp3) is 0.192. The van der Waals surface area contributed by atoms with Gasteiger partial charge in [-0.1, -0.05) is 72.8 Å². The molecule has 1 aliphatic rings. The van der Waals surface area contributed by atoms with Crippen LogP contribution in [0.5, 0.6) is 0 Å². The van der Waals surface area contributed by atoms with Crippen molar-refractivity contribution >= 4 is 16.8 Å². The zero-order valence-corrected chi connectivity index (χ0v) is 16.3. The second kappa shape index (κ2) is 7.59. The number of carbonyl (C=O) groups excluding carboxylic acids is 1. The minimum absolute atomic E-state index is 0.228. The van der Waals surface area contributed by atoms with Gasteiger partial charge in [0.25, 0.3) is 0 Å². The van der Waals surface area contributed by atoms with Gasteiger partial charge >= 0.3 is 0 Å². The Bertz CT molecular complexity index is 1150. The van der Waals surface area contributed by atoms with Crippen LogP contribution >= 0.6 is 0 Å². The van der Waals surface area contributed by atoms with Crippen molar-refractivity contribution in [2.24, 2.45) is 0 Å². The number of hydrogen-bond donors (Lipinski definition) is 1. The van der Waals surface area contributed by atoms with Crippen LogP contribution in [0.4, 0.5) is 0 Å². The minimum atomic E-state index is 0.228. The van der Waals surface area contributed by atoms with Gasteiger partial charge in [-0.15, -0.1) is 0 Å². The van der Waals surface area contributed by atoms with Crippen LogP contribution in [0.1, 0.15) is 34.6 Å². The first-order valence-electron chi connectivity index (χ1n) is 10.2. The highest BCUT2D eigenvalue weighted by Gasteiger charge is 2.28. The van der Waals surface area contributed by atoms with Crippen LogP contribution in [0.15, 0.2) is 85.1 Å². The van der Waals surface area contributed by atoms with E-state index in [1.807, 2.05) is 29.3 Å². The summed E-state index contributed by atoms with van der Waals surface area (Å²) in [4.78, 5) is 18.5. The largest absolute Gasteiger partial charge is 0.361 e. The number of hydrogen-bond acceptors (Lipinski definition) is 1. The molecule has 1 aliphatic heterocycles. The van der Waals surface area contributed by atoms with Gasteiger partial charge in [0.2, 0.25) is 5.91 Å². The number of rotatable bonds is 4. The molecule has 1 N–H and O–H groups in total. The summed E-state index contributed by atoms with van der Waals surface area (Å²) in [6.07, 6.45) is 3.33. The summed E-state index contributed by atoms with van der Waals surface area (Å²) < 4.78 is 0. The molecule has 0 aliphatic carbocycles. The number of amides is 1. The fourth-order valence-corrected chi connectivity index (χ4v) is 4.51. The molecule has 1 atom stereocenters. The van der Waals surface area contributed by atoms with Crippen LogP contribution in [0, 0.1) is 0 Å².